The largest absolute Gasteiger partial charge is 0.399 e. The molecule has 136 valence electrons. The molecule has 0 unspecified atom stereocenters. The molecule has 0 atom stereocenters. The van der Waals surface area contributed by atoms with Crippen molar-refractivity contribution >= 4 is 40.2 Å². The highest BCUT2D eigenvalue weighted by Crippen LogP contribution is 2.32. The molecule has 4 N–H and O–H groups in total. The number of anilines is 5. The number of benzene rings is 1. The Bertz CT molecular complexity index is 1080. The van der Waals surface area contributed by atoms with Crippen molar-refractivity contribution in [2.75, 3.05) is 16.4 Å². The van der Waals surface area contributed by atoms with Gasteiger partial charge in [-0.25, -0.2) is 9.37 Å². The van der Waals surface area contributed by atoms with Gasteiger partial charge in [0.15, 0.2) is 0 Å². The Balaban J connectivity index is 1.73. The van der Waals surface area contributed by atoms with Crippen LogP contribution in [0, 0.1) is 5.82 Å². The van der Waals surface area contributed by atoms with Gasteiger partial charge in [0.05, 0.1) is 33.5 Å². The minimum Gasteiger partial charge on any atom is -0.399 e. The zero-order valence-corrected chi connectivity index (χ0v) is 15.0. The van der Waals surface area contributed by atoms with Gasteiger partial charge >= 0.3 is 0 Å². The van der Waals surface area contributed by atoms with Gasteiger partial charge in [0, 0.05) is 31.3 Å². The number of rotatable bonds is 5. The Morgan fingerprint density at radius 1 is 1.19 bits per heavy atom. The van der Waals surface area contributed by atoms with Crippen molar-refractivity contribution in [2.24, 2.45) is 7.05 Å². The fourth-order valence-electron chi connectivity index (χ4n) is 2.45. The highest BCUT2D eigenvalue weighted by atomic mass is 32.1. The fourth-order valence-corrected chi connectivity index (χ4v) is 3.08. The second kappa shape index (κ2) is 7.00. The van der Waals surface area contributed by atoms with Crippen molar-refractivity contribution in [2.45, 2.75) is 0 Å². The minimum atomic E-state index is -0.431. The third-order valence-electron chi connectivity index (χ3n) is 3.69. The summed E-state index contributed by atoms with van der Waals surface area (Å²) in [7, 11) is 1.81. The van der Waals surface area contributed by atoms with E-state index in [2.05, 4.69) is 30.7 Å². The van der Waals surface area contributed by atoms with Crippen molar-refractivity contribution in [3.05, 3.63) is 54.3 Å². The van der Waals surface area contributed by atoms with Crippen LogP contribution in [0.25, 0.3) is 10.4 Å². The van der Waals surface area contributed by atoms with Gasteiger partial charge in [-0.1, -0.05) is 0 Å². The first-order valence-corrected chi connectivity index (χ1v) is 8.80. The lowest BCUT2D eigenvalue weighted by Gasteiger charge is -2.12. The number of halogens is 1. The number of aryl methyl sites for hydroxylation is 1. The van der Waals surface area contributed by atoms with Crippen LogP contribution in [0.4, 0.5) is 33.2 Å². The number of nitrogens with one attached hydrogen (secondary N) is 2. The van der Waals surface area contributed by atoms with E-state index in [1.165, 1.54) is 29.5 Å². The first-order valence-electron chi connectivity index (χ1n) is 7.92. The van der Waals surface area contributed by atoms with Crippen molar-refractivity contribution in [1.82, 2.24) is 24.7 Å². The normalized spacial score (nSPS) is 10.7. The summed E-state index contributed by atoms with van der Waals surface area (Å²) in [5.74, 6) is 0.355. The standard InChI is InChI=1S/C17H15FN8S/c1-26-8-11(5-22-26)23-17-21-6-12(15-7-20-9-27-15)16(25-17)24-14-4-10(19)2-3-13(14)18/h2-9H,19H2,1H3,(H2,21,23,24,25). The first kappa shape index (κ1) is 16.9. The Kier molecular flexibility index (Phi) is 4.38. The van der Waals surface area contributed by atoms with Gasteiger partial charge in [-0.05, 0) is 18.2 Å². The van der Waals surface area contributed by atoms with Crippen LogP contribution >= 0.6 is 11.3 Å². The summed E-state index contributed by atoms with van der Waals surface area (Å²) < 4.78 is 15.8. The second-order valence-corrected chi connectivity index (χ2v) is 6.60. The zero-order valence-electron chi connectivity index (χ0n) is 14.2. The van der Waals surface area contributed by atoms with Gasteiger partial charge in [-0.15, -0.1) is 11.3 Å². The number of hydrogen-bond donors (Lipinski definition) is 3. The van der Waals surface area contributed by atoms with Crippen LogP contribution in [0.1, 0.15) is 0 Å². The predicted octanol–water partition coefficient (Wildman–Crippen LogP) is 3.54. The SMILES string of the molecule is Cn1cc(Nc2ncc(-c3cncs3)c(Nc3cc(N)ccc3F)n2)cn1. The molecule has 0 spiro atoms. The Morgan fingerprint density at radius 3 is 2.81 bits per heavy atom. The molecular formula is C17H15FN8S. The van der Waals surface area contributed by atoms with Crippen molar-refractivity contribution in [3.8, 4) is 10.4 Å². The van der Waals surface area contributed by atoms with Crippen molar-refractivity contribution in [1.29, 1.82) is 0 Å². The summed E-state index contributed by atoms with van der Waals surface area (Å²) in [4.78, 5) is 13.8. The molecule has 3 heterocycles. The molecule has 0 aliphatic heterocycles. The molecule has 0 saturated heterocycles. The summed E-state index contributed by atoms with van der Waals surface area (Å²) in [6.45, 7) is 0. The molecule has 4 aromatic rings. The minimum absolute atomic E-state index is 0.229. The maximum atomic E-state index is 14.2. The van der Waals surface area contributed by atoms with Gasteiger partial charge in [0.2, 0.25) is 5.95 Å². The van der Waals surface area contributed by atoms with Crippen LogP contribution in [-0.4, -0.2) is 24.7 Å². The highest BCUT2D eigenvalue weighted by molar-refractivity contribution is 7.13. The van der Waals surface area contributed by atoms with E-state index in [0.29, 0.717) is 23.0 Å². The summed E-state index contributed by atoms with van der Waals surface area (Å²) >= 11 is 1.44. The maximum absolute atomic E-state index is 14.2. The molecule has 8 nitrogen and oxygen atoms in total. The topological polar surface area (TPSA) is 107 Å². The van der Waals surface area contributed by atoms with E-state index in [1.807, 2.05) is 7.05 Å². The van der Waals surface area contributed by atoms with Gasteiger partial charge in [-0.2, -0.15) is 10.1 Å². The van der Waals surface area contributed by atoms with Crippen LogP contribution in [0.2, 0.25) is 0 Å². The summed E-state index contributed by atoms with van der Waals surface area (Å²) in [5.41, 5.74) is 9.61. The molecule has 0 radical (unpaired) electrons. The molecular weight excluding hydrogens is 367 g/mol. The van der Waals surface area contributed by atoms with E-state index in [-0.39, 0.29) is 5.69 Å². The molecule has 10 heteroatoms. The third-order valence-corrected chi connectivity index (χ3v) is 4.50. The van der Waals surface area contributed by atoms with Crippen LogP contribution < -0.4 is 16.4 Å². The Labute approximate surface area is 157 Å². The molecule has 0 saturated carbocycles. The summed E-state index contributed by atoms with van der Waals surface area (Å²) in [5, 5.41) is 10.2. The van der Waals surface area contributed by atoms with Gasteiger partial charge in [-0.3, -0.25) is 9.67 Å². The molecule has 0 aliphatic carbocycles. The van der Waals surface area contributed by atoms with Gasteiger partial charge < -0.3 is 16.4 Å². The lowest BCUT2D eigenvalue weighted by Crippen LogP contribution is -2.03. The van der Waals surface area contributed by atoms with Crippen LogP contribution in [0.5, 0.6) is 0 Å². The number of hydrogen-bond acceptors (Lipinski definition) is 8. The smallest absolute Gasteiger partial charge is 0.229 e. The third kappa shape index (κ3) is 3.70. The monoisotopic (exact) mass is 382 g/mol. The van der Waals surface area contributed by atoms with Gasteiger partial charge in [0.1, 0.15) is 11.6 Å². The van der Waals surface area contributed by atoms with E-state index < -0.39 is 5.82 Å². The Morgan fingerprint density at radius 2 is 2.07 bits per heavy atom. The van der Waals surface area contributed by atoms with E-state index >= 15 is 0 Å². The number of nitrogen functional groups attached to an aromatic ring is 1. The lowest BCUT2D eigenvalue weighted by molar-refractivity contribution is 0.632. The summed E-state index contributed by atoms with van der Waals surface area (Å²) in [6.07, 6.45) is 6.82. The average Bonchev–Trinajstić information content (AvgIpc) is 3.30. The molecule has 27 heavy (non-hydrogen) atoms. The van der Waals surface area contributed by atoms with E-state index in [1.54, 1.807) is 35.0 Å². The van der Waals surface area contributed by atoms with E-state index in [0.717, 1.165) is 10.6 Å². The molecule has 0 amide bonds. The van der Waals surface area contributed by atoms with E-state index in [4.69, 9.17) is 5.73 Å². The van der Waals surface area contributed by atoms with Gasteiger partial charge in [0.25, 0.3) is 0 Å². The molecule has 0 fully saturated rings. The fraction of sp³-hybridized carbons (Fsp3) is 0.0588. The molecule has 0 aliphatic rings. The molecule has 4 rings (SSSR count). The van der Waals surface area contributed by atoms with Crippen LogP contribution in [0.3, 0.4) is 0 Å². The predicted molar refractivity (Wildman–Crippen MR) is 104 cm³/mol. The number of nitrogens with zero attached hydrogens (tertiary/aromatic N) is 5. The second-order valence-electron chi connectivity index (χ2n) is 5.71. The zero-order chi connectivity index (χ0) is 18.8. The van der Waals surface area contributed by atoms with E-state index in [9.17, 15) is 4.39 Å². The number of thiazole rings is 1. The average molecular weight is 382 g/mol. The highest BCUT2D eigenvalue weighted by Gasteiger charge is 2.14. The molecule has 1 aromatic carbocycles. The lowest BCUT2D eigenvalue weighted by atomic mass is 10.2. The molecule has 0 bridgehead atoms. The molecule has 3 aromatic heterocycles. The van der Waals surface area contributed by atoms with Crippen LogP contribution in [0.15, 0.2) is 48.5 Å². The van der Waals surface area contributed by atoms with Crippen molar-refractivity contribution in [3.63, 3.8) is 0 Å². The number of aromatic nitrogens is 5. The quantitative estimate of drug-likeness (QED) is 0.453. The van der Waals surface area contributed by atoms with Crippen LogP contribution in [-0.2, 0) is 7.05 Å². The first-order chi connectivity index (χ1) is 13.1. The number of nitrogens with two attached hydrogens (primary N) is 1. The summed E-state index contributed by atoms with van der Waals surface area (Å²) in [6, 6.07) is 4.32. The Hall–Kier alpha value is -3.53. The van der Waals surface area contributed by atoms with Crippen molar-refractivity contribution < 1.29 is 4.39 Å². The maximum Gasteiger partial charge on any atom is 0.229 e.